The van der Waals surface area contributed by atoms with Crippen molar-refractivity contribution in [2.75, 3.05) is 11.9 Å². The Morgan fingerprint density at radius 2 is 2.17 bits per heavy atom. The maximum Gasteiger partial charge on any atom is 0.433 e. The Hall–Kier alpha value is -1.86. The summed E-state index contributed by atoms with van der Waals surface area (Å²) in [5, 5.41) is 11.4. The number of anilines is 1. The van der Waals surface area contributed by atoms with Crippen molar-refractivity contribution in [2.45, 2.75) is 19.0 Å². The van der Waals surface area contributed by atoms with Gasteiger partial charge in [0.25, 0.3) is 0 Å². The molecule has 0 radical (unpaired) electrons. The first-order chi connectivity index (χ1) is 8.33. The average molecular weight is 261 g/mol. The van der Waals surface area contributed by atoms with Gasteiger partial charge in [-0.15, -0.1) is 0 Å². The van der Waals surface area contributed by atoms with Crippen LogP contribution in [-0.2, 0) is 11.0 Å². The van der Waals surface area contributed by atoms with E-state index < -0.39 is 23.3 Å². The second kappa shape index (κ2) is 4.11. The molecule has 0 unspecified atom stereocenters. The highest BCUT2D eigenvalue weighted by atomic mass is 19.4. The first-order valence-corrected chi connectivity index (χ1v) is 5.21. The Kier molecular flexibility index (Phi) is 2.88. The van der Waals surface area contributed by atoms with Crippen LogP contribution in [0.2, 0.25) is 0 Å². The van der Waals surface area contributed by atoms with E-state index in [0.29, 0.717) is 12.8 Å². The first kappa shape index (κ1) is 12.6. The van der Waals surface area contributed by atoms with E-state index in [1.54, 1.807) is 0 Å². The topological polar surface area (TPSA) is 75.1 Å². The zero-order valence-corrected chi connectivity index (χ0v) is 9.16. The minimum Gasteiger partial charge on any atom is -0.481 e. The summed E-state index contributed by atoms with van der Waals surface area (Å²) in [7, 11) is 0. The monoisotopic (exact) mass is 261 g/mol. The maximum absolute atomic E-state index is 12.4. The zero-order valence-electron chi connectivity index (χ0n) is 9.16. The number of rotatable bonds is 4. The number of carbonyl (C=O) groups is 1. The van der Waals surface area contributed by atoms with Crippen molar-refractivity contribution in [3.05, 3.63) is 18.0 Å². The van der Waals surface area contributed by atoms with Gasteiger partial charge in [0.1, 0.15) is 5.69 Å². The number of alkyl halides is 3. The molecule has 8 heteroatoms. The SMILES string of the molecule is O=C(O)C1(CNc2nccc(C(F)(F)F)n2)CC1. The quantitative estimate of drug-likeness (QED) is 0.864. The number of carboxylic acid groups (broad SMARTS) is 1. The van der Waals surface area contributed by atoms with Gasteiger partial charge in [0.05, 0.1) is 5.41 Å². The van der Waals surface area contributed by atoms with Gasteiger partial charge >= 0.3 is 12.1 Å². The minimum absolute atomic E-state index is 0.0314. The van der Waals surface area contributed by atoms with Crippen molar-refractivity contribution in [3.63, 3.8) is 0 Å². The molecule has 1 aromatic rings. The van der Waals surface area contributed by atoms with E-state index in [4.69, 9.17) is 5.11 Å². The number of nitrogens with zero attached hydrogens (tertiary/aromatic N) is 2. The lowest BCUT2D eigenvalue weighted by Gasteiger charge is -2.12. The molecule has 2 N–H and O–H groups in total. The molecule has 1 saturated carbocycles. The molecule has 0 amide bonds. The van der Waals surface area contributed by atoms with Crippen LogP contribution >= 0.6 is 0 Å². The van der Waals surface area contributed by atoms with Gasteiger partial charge in [-0.1, -0.05) is 0 Å². The van der Waals surface area contributed by atoms with Crippen LogP contribution in [0.3, 0.4) is 0 Å². The van der Waals surface area contributed by atoms with Crippen LogP contribution in [0.4, 0.5) is 19.1 Å². The molecule has 0 aliphatic heterocycles. The Bertz CT molecular complexity index is 472. The number of aliphatic carboxylic acids is 1. The number of nitrogens with one attached hydrogen (secondary N) is 1. The van der Waals surface area contributed by atoms with Crippen LogP contribution in [-0.4, -0.2) is 27.6 Å². The summed E-state index contributed by atoms with van der Waals surface area (Å²) >= 11 is 0. The van der Waals surface area contributed by atoms with Gasteiger partial charge in [-0.3, -0.25) is 4.79 Å². The lowest BCUT2D eigenvalue weighted by atomic mass is 10.1. The molecule has 1 aliphatic rings. The first-order valence-electron chi connectivity index (χ1n) is 5.21. The second-order valence-electron chi connectivity index (χ2n) is 4.20. The summed E-state index contributed by atoms with van der Waals surface area (Å²) in [5.74, 6) is -1.17. The summed E-state index contributed by atoms with van der Waals surface area (Å²) in [4.78, 5) is 17.8. The van der Waals surface area contributed by atoms with Crippen molar-refractivity contribution >= 4 is 11.9 Å². The van der Waals surface area contributed by atoms with Gasteiger partial charge in [-0.2, -0.15) is 13.2 Å². The molecule has 0 spiro atoms. The molecule has 2 rings (SSSR count). The normalized spacial score (nSPS) is 17.3. The van der Waals surface area contributed by atoms with Crippen LogP contribution in [0.5, 0.6) is 0 Å². The molecule has 0 bridgehead atoms. The number of carboxylic acids is 1. The molecule has 1 fully saturated rings. The summed E-state index contributed by atoms with van der Waals surface area (Å²) in [5.41, 5.74) is -1.93. The van der Waals surface area contributed by atoms with E-state index in [2.05, 4.69) is 15.3 Å². The number of halogens is 3. The standard InChI is InChI=1S/C10H10F3N3O2/c11-10(12,13)6-1-4-14-8(16-6)15-5-9(2-3-9)7(17)18/h1,4H,2-3,5H2,(H,17,18)(H,14,15,16). The molecule has 18 heavy (non-hydrogen) atoms. The molecule has 0 aromatic carbocycles. The minimum atomic E-state index is -4.54. The largest absolute Gasteiger partial charge is 0.481 e. The van der Waals surface area contributed by atoms with Crippen molar-refractivity contribution in [3.8, 4) is 0 Å². The lowest BCUT2D eigenvalue weighted by molar-refractivity contribution is -0.143. The molecule has 1 aliphatic carbocycles. The Labute approximate surface area is 100 Å². The van der Waals surface area contributed by atoms with Gasteiger partial charge in [0.2, 0.25) is 5.95 Å². The van der Waals surface area contributed by atoms with Gasteiger partial charge < -0.3 is 10.4 Å². The third kappa shape index (κ3) is 2.52. The second-order valence-corrected chi connectivity index (χ2v) is 4.20. The van der Waals surface area contributed by atoms with E-state index in [1.807, 2.05) is 0 Å². The molecule has 98 valence electrons. The maximum atomic E-state index is 12.4. The highest BCUT2D eigenvalue weighted by Gasteiger charge is 2.50. The van der Waals surface area contributed by atoms with Gasteiger partial charge in [-0.25, -0.2) is 9.97 Å². The predicted octanol–water partition coefficient (Wildman–Crippen LogP) is 1.77. The highest BCUT2D eigenvalue weighted by molar-refractivity contribution is 5.78. The predicted molar refractivity (Wildman–Crippen MR) is 54.8 cm³/mol. The fourth-order valence-electron chi connectivity index (χ4n) is 1.47. The molecular weight excluding hydrogens is 251 g/mol. The Morgan fingerprint density at radius 1 is 1.50 bits per heavy atom. The van der Waals surface area contributed by atoms with Crippen molar-refractivity contribution < 1.29 is 23.1 Å². The summed E-state index contributed by atoms with van der Waals surface area (Å²) in [6, 6.07) is 0.759. The van der Waals surface area contributed by atoms with Crippen molar-refractivity contribution in [1.29, 1.82) is 0 Å². The summed E-state index contributed by atoms with van der Waals surface area (Å²) in [6.07, 6.45) is -2.54. The molecule has 5 nitrogen and oxygen atoms in total. The van der Waals surface area contributed by atoms with Crippen LogP contribution in [0.15, 0.2) is 12.3 Å². The smallest absolute Gasteiger partial charge is 0.433 e. The lowest BCUT2D eigenvalue weighted by Crippen LogP contribution is -2.25. The average Bonchev–Trinajstić information content (AvgIpc) is 3.07. The third-order valence-corrected chi connectivity index (χ3v) is 2.84. The molecule has 1 aromatic heterocycles. The third-order valence-electron chi connectivity index (χ3n) is 2.84. The zero-order chi connectivity index (χ0) is 13.4. The number of hydrogen-bond acceptors (Lipinski definition) is 4. The summed E-state index contributed by atoms with van der Waals surface area (Å²) in [6.45, 7) is 0.0314. The van der Waals surface area contributed by atoms with E-state index in [9.17, 15) is 18.0 Å². The van der Waals surface area contributed by atoms with Crippen molar-refractivity contribution in [1.82, 2.24) is 9.97 Å². The van der Waals surface area contributed by atoms with Gasteiger partial charge in [0.15, 0.2) is 0 Å². The van der Waals surface area contributed by atoms with Crippen LogP contribution in [0.1, 0.15) is 18.5 Å². The van der Waals surface area contributed by atoms with E-state index in [1.165, 1.54) is 0 Å². The molecule has 0 atom stereocenters. The molecule has 0 saturated heterocycles. The summed E-state index contributed by atoms with van der Waals surface area (Å²) < 4.78 is 37.1. The van der Waals surface area contributed by atoms with Gasteiger partial charge in [0, 0.05) is 12.7 Å². The molecular formula is C10H10F3N3O2. The van der Waals surface area contributed by atoms with Crippen LogP contribution < -0.4 is 5.32 Å². The Morgan fingerprint density at radius 3 is 2.67 bits per heavy atom. The van der Waals surface area contributed by atoms with E-state index >= 15 is 0 Å². The fraction of sp³-hybridized carbons (Fsp3) is 0.500. The number of hydrogen-bond donors (Lipinski definition) is 2. The molecule has 1 heterocycles. The van der Waals surface area contributed by atoms with E-state index in [0.717, 1.165) is 12.3 Å². The van der Waals surface area contributed by atoms with Crippen LogP contribution in [0, 0.1) is 5.41 Å². The Balaban J connectivity index is 2.05. The highest BCUT2D eigenvalue weighted by Crippen LogP contribution is 2.45. The van der Waals surface area contributed by atoms with E-state index in [-0.39, 0.29) is 12.5 Å². The van der Waals surface area contributed by atoms with Crippen LogP contribution in [0.25, 0.3) is 0 Å². The fourth-order valence-corrected chi connectivity index (χ4v) is 1.47. The van der Waals surface area contributed by atoms with Crippen molar-refractivity contribution in [2.24, 2.45) is 5.41 Å². The van der Waals surface area contributed by atoms with Gasteiger partial charge in [-0.05, 0) is 18.9 Å². The number of aromatic nitrogens is 2.